The second-order valence-corrected chi connectivity index (χ2v) is 5.57. The Balaban J connectivity index is 2.16. The molecule has 2 rings (SSSR count). The van der Waals surface area contributed by atoms with Gasteiger partial charge in [0.25, 0.3) is 0 Å². The molecule has 2 unspecified atom stereocenters. The first-order chi connectivity index (χ1) is 9.15. The number of hydrogen-bond acceptors (Lipinski definition) is 4. The molecule has 0 amide bonds. The van der Waals surface area contributed by atoms with Crippen LogP contribution in [-0.4, -0.2) is 27.7 Å². The molecule has 2 atom stereocenters. The molecule has 0 aromatic carbocycles. The van der Waals surface area contributed by atoms with Gasteiger partial charge in [0.05, 0.1) is 0 Å². The fourth-order valence-corrected chi connectivity index (χ4v) is 2.93. The molecule has 1 aliphatic rings. The molecule has 0 aliphatic heterocycles. The summed E-state index contributed by atoms with van der Waals surface area (Å²) >= 11 is 6.15. The van der Waals surface area contributed by atoms with E-state index >= 15 is 0 Å². The minimum Gasteiger partial charge on any atom is -0.396 e. The Kier molecular flexibility index (Phi) is 4.99. The molecule has 19 heavy (non-hydrogen) atoms. The maximum Gasteiger partial charge on any atom is 0.137 e. The van der Waals surface area contributed by atoms with Crippen LogP contribution in [0.4, 0.5) is 5.82 Å². The van der Waals surface area contributed by atoms with Crippen LogP contribution in [0, 0.1) is 12.8 Å². The molecule has 1 saturated carbocycles. The highest BCUT2D eigenvalue weighted by molar-refractivity contribution is 6.30. The normalized spacial score (nSPS) is 22.7. The highest BCUT2D eigenvalue weighted by Gasteiger charge is 2.27. The van der Waals surface area contributed by atoms with Gasteiger partial charge in [0.15, 0.2) is 0 Å². The van der Waals surface area contributed by atoms with Crippen LogP contribution in [0.25, 0.3) is 0 Å². The number of hydrogen-bond donors (Lipinski definition) is 2. The van der Waals surface area contributed by atoms with E-state index in [9.17, 15) is 0 Å². The van der Waals surface area contributed by atoms with E-state index in [2.05, 4.69) is 15.3 Å². The van der Waals surface area contributed by atoms with Crippen LogP contribution in [0.15, 0.2) is 0 Å². The molecule has 5 heteroatoms. The lowest BCUT2D eigenvalue weighted by Gasteiger charge is -2.22. The summed E-state index contributed by atoms with van der Waals surface area (Å²) in [6, 6.07) is 0.390. The predicted molar refractivity (Wildman–Crippen MR) is 77.6 cm³/mol. The average molecular weight is 284 g/mol. The fourth-order valence-electron chi connectivity index (χ4n) is 2.75. The van der Waals surface area contributed by atoms with Crippen molar-refractivity contribution in [1.82, 2.24) is 9.97 Å². The third-order valence-corrected chi connectivity index (χ3v) is 4.30. The SMILES string of the molecule is CCc1nc(Cl)c(C)c(NC2CCCC2CCO)n1. The van der Waals surface area contributed by atoms with Gasteiger partial charge in [-0.3, -0.25) is 0 Å². The van der Waals surface area contributed by atoms with Crippen LogP contribution < -0.4 is 5.32 Å². The number of halogens is 1. The smallest absolute Gasteiger partial charge is 0.137 e. The molecular weight excluding hydrogens is 262 g/mol. The number of aliphatic hydroxyl groups excluding tert-OH is 1. The number of anilines is 1. The van der Waals surface area contributed by atoms with Crippen LogP contribution >= 0.6 is 11.6 Å². The fraction of sp³-hybridized carbons (Fsp3) is 0.714. The molecule has 4 nitrogen and oxygen atoms in total. The third-order valence-electron chi connectivity index (χ3n) is 3.93. The van der Waals surface area contributed by atoms with E-state index in [1.807, 2.05) is 13.8 Å². The summed E-state index contributed by atoms with van der Waals surface area (Å²) in [6.07, 6.45) is 5.15. The van der Waals surface area contributed by atoms with Crippen LogP contribution in [-0.2, 0) is 6.42 Å². The Morgan fingerprint density at radius 1 is 1.37 bits per heavy atom. The molecule has 2 N–H and O–H groups in total. The van der Waals surface area contributed by atoms with Gasteiger partial charge in [-0.1, -0.05) is 24.9 Å². The van der Waals surface area contributed by atoms with Crippen molar-refractivity contribution in [3.63, 3.8) is 0 Å². The zero-order valence-corrected chi connectivity index (χ0v) is 12.4. The van der Waals surface area contributed by atoms with E-state index < -0.39 is 0 Å². The number of rotatable bonds is 5. The summed E-state index contributed by atoms with van der Waals surface area (Å²) in [7, 11) is 0. The van der Waals surface area contributed by atoms with E-state index in [-0.39, 0.29) is 6.61 Å². The summed E-state index contributed by atoms with van der Waals surface area (Å²) in [5.41, 5.74) is 0.911. The number of aryl methyl sites for hydroxylation is 1. The minimum absolute atomic E-state index is 0.257. The lowest BCUT2D eigenvalue weighted by atomic mass is 10.00. The second kappa shape index (κ2) is 6.53. The second-order valence-electron chi connectivity index (χ2n) is 5.21. The average Bonchev–Trinajstić information content (AvgIpc) is 2.82. The molecule has 1 heterocycles. The van der Waals surface area contributed by atoms with Gasteiger partial charge in [-0.25, -0.2) is 9.97 Å². The van der Waals surface area contributed by atoms with Crippen LogP contribution in [0.1, 0.15) is 44.0 Å². The zero-order valence-electron chi connectivity index (χ0n) is 11.6. The molecule has 1 fully saturated rings. The molecular formula is C14H22ClN3O. The van der Waals surface area contributed by atoms with Crippen LogP contribution in [0.5, 0.6) is 0 Å². The largest absolute Gasteiger partial charge is 0.396 e. The Hall–Kier alpha value is -0.870. The number of aliphatic hydroxyl groups is 1. The quantitative estimate of drug-likeness (QED) is 0.816. The maximum atomic E-state index is 9.12. The van der Waals surface area contributed by atoms with Crippen LogP contribution in [0.2, 0.25) is 5.15 Å². The van der Waals surface area contributed by atoms with Gasteiger partial charge in [-0.15, -0.1) is 0 Å². The molecule has 1 aromatic heterocycles. The standard InChI is InChI=1S/C14H22ClN3O/c1-3-12-17-13(15)9(2)14(18-12)16-11-6-4-5-10(11)7-8-19/h10-11,19H,3-8H2,1-2H3,(H,16,17,18). The van der Waals surface area contributed by atoms with Crippen molar-refractivity contribution in [2.45, 2.75) is 52.0 Å². The van der Waals surface area contributed by atoms with Gasteiger partial charge >= 0.3 is 0 Å². The topological polar surface area (TPSA) is 58.0 Å². The van der Waals surface area contributed by atoms with Crippen molar-refractivity contribution >= 4 is 17.4 Å². The Labute approximate surface area is 119 Å². The van der Waals surface area contributed by atoms with E-state index in [0.29, 0.717) is 17.1 Å². The highest BCUT2D eigenvalue weighted by atomic mass is 35.5. The lowest BCUT2D eigenvalue weighted by molar-refractivity contribution is 0.254. The lowest BCUT2D eigenvalue weighted by Crippen LogP contribution is -2.26. The van der Waals surface area contributed by atoms with Gasteiger partial charge in [0.2, 0.25) is 0 Å². The molecule has 0 spiro atoms. The van der Waals surface area contributed by atoms with E-state index in [1.165, 1.54) is 12.8 Å². The minimum atomic E-state index is 0.257. The van der Waals surface area contributed by atoms with Crippen molar-refractivity contribution in [3.05, 3.63) is 16.5 Å². The van der Waals surface area contributed by atoms with Crippen molar-refractivity contribution < 1.29 is 5.11 Å². The van der Waals surface area contributed by atoms with Crippen molar-refractivity contribution in [3.8, 4) is 0 Å². The molecule has 1 aromatic rings. The molecule has 0 bridgehead atoms. The van der Waals surface area contributed by atoms with Crippen molar-refractivity contribution in [2.24, 2.45) is 5.92 Å². The van der Waals surface area contributed by atoms with Gasteiger partial charge in [-0.2, -0.15) is 0 Å². The first-order valence-corrected chi connectivity index (χ1v) is 7.44. The monoisotopic (exact) mass is 283 g/mol. The maximum absolute atomic E-state index is 9.12. The molecule has 0 saturated heterocycles. The van der Waals surface area contributed by atoms with E-state index in [0.717, 1.165) is 36.5 Å². The first-order valence-electron chi connectivity index (χ1n) is 7.06. The van der Waals surface area contributed by atoms with E-state index in [4.69, 9.17) is 16.7 Å². The molecule has 0 radical (unpaired) electrons. The summed E-state index contributed by atoms with van der Waals surface area (Å²) in [5, 5.41) is 13.2. The third kappa shape index (κ3) is 3.37. The first kappa shape index (κ1) is 14.5. The zero-order chi connectivity index (χ0) is 13.8. The van der Waals surface area contributed by atoms with Gasteiger partial charge in [0, 0.05) is 24.6 Å². The summed E-state index contributed by atoms with van der Waals surface area (Å²) in [4.78, 5) is 8.80. The van der Waals surface area contributed by atoms with Crippen molar-refractivity contribution in [1.29, 1.82) is 0 Å². The van der Waals surface area contributed by atoms with Crippen molar-refractivity contribution in [2.75, 3.05) is 11.9 Å². The Bertz CT molecular complexity index is 439. The summed E-state index contributed by atoms with van der Waals surface area (Å²) in [5.74, 6) is 2.16. The molecule has 106 valence electrons. The number of aromatic nitrogens is 2. The predicted octanol–water partition coefficient (Wildman–Crippen LogP) is 2.96. The Morgan fingerprint density at radius 2 is 2.16 bits per heavy atom. The summed E-state index contributed by atoms with van der Waals surface area (Å²) < 4.78 is 0. The van der Waals surface area contributed by atoms with Gasteiger partial charge in [-0.05, 0) is 32.1 Å². The summed E-state index contributed by atoms with van der Waals surface area (Å²) in [6.45, 7) is 4.22. The highest BCUT2D eigenvalue weighted by Crippen LogP contribution is 2.31. The Morgan fingerprint density at radius 3 is 2.84 bits per heavy atom. The van der Waals surface area contributed by atoms with Gasteiger partial charge < -0.3 is 10.4 Å². The number of nitrogens with one attached hydrogen (secondary N) is 1. The molecule has 1 aliphatic carbocycles. The van der Waals surface area contributed by atoms with Gasteiger partial charge in [0.1, 0.15) is 16.8 Å². The number of nitrogens with zero attached hydrogens (tertiary/aromatic N) is 2. The van der Waals surface area contributed by atoms with Crippen LogP contribution in [0.3, 0.4) is 0 Å². The van der Waals surface area contributed by atoms with E-state index in [1.54, 1.807) is 0 Å².